The molecule has 34 heavy (non-hydrogen) atoms. The maximum atomic E-state index is 11.4. The van der Waals surface area contributed by atoms with Gasteiger partial charge in [-0.2, -0.15) is 9.78 Å². The van der Waals surface area contributed by atoms with Gasteiger partial charge in [0, 0.05) is 40.1 Å². The lowest BCUT2D eigenvalue weighted by Crippen LogP contribution is -2.44. The molecule has 172 valence electrons. The molecule has 4 aromatic rings. The molecule has 0 saturated carbocycles. The van der Waals surface area contributed by atoms with E-state index < -0.39 is 11.5 Å². The Labute approximate surface area is 204 Å². The first-order valence-electron chi connectivity index (χ1n) is 10.6. The average molecular weight is 520 g/mol. The van der Waals surface area contributed by atoms with E-state index in [1.54, 1.807) is 36.8 Å². The molecule has 2 atom stereocenters. The summed E-state index contributed by atoms with van der Waals surface area (Å²) in [4.78, 5) is 13.2. The summed E-state index contributed by atoms with van der Waals surface area (Å²) in [7, 11) is 0. The molecule has 0 bridgehead atoms. The van der Waals surface area contributed by atoms with Crippen LogP contribution < -0.4 is 10.9 Å². The maximum absolute atomic E-state index is 11.4. The van der Waals surface area contributed by atoms with Crippen LogP contribution in [0.25, 0.3) is 5.82 Å². The highest BCUT2D eigenvalue weighted by Crippen LogP contribution is 2.47. The van der Waals surface area contributed by atoms with Gasteiger partial charge in [0.15, 0.2) is 11.6 Å². The lowest BCUT2D eigenvalue weighted by molar-refractivity contribution is 0.342. The number of halogens is 1. The summed E-state index contributed by atoms with van der Waals surface area (Å²) in [6, 6.07) is 14.8. The molecule has 1 aliphatic heterocycles. The van der Waals surface area contributed by atoms with Gasteiger partial charge in [0.05, 0.1) is 5.69 Å². The third-order valence-electron chi connectivity index (χ3n) is 5.97. The first kappa shape index (κ1) is 22.1. The monoisotopic (exact) mass is 519 g/mol. The van der Waals surface area contributed by atoms with E-state index in [1.807, 2.05) is 44.2 Å². The maximum Gasteiger partial charge on any atom is 0.220 e. The number of rotatable bonds is 5. The van der Waals surface area contributed by atoms with Crippen LogP contribution in [-0.4, -0.2) is 34.9 Å². The van der Waals surface area contributed by atoms with E-state index in [0.29, 0.717) is 28.5 Å². The second kappa shape index (κ2) is 8.54. The number of hydrogen-bond acceptors (Lipinski definition) is 8. The van der Waals surface area contributed by atoms with Crippen molar-refractivity contribution in [3.05, 3.63) is 106 Å². The fourth-order valence-electron chi connectivity index (χ4n) is 4.35. The second-order valence-electron chi connectivity index (χ2n) is 8.12. The molecular formula is C24H22BrN7O2. The smallest absolute Gasteiger partial charge is 0.220 e. The molecule has 5 rings (SSSR count). The molecular weight excluding hydrogens is 498 g/mol. The van der Waals surface area contributed by atoms with E-state index in [-0.39, 0.29) is 11.8 Å². The summed E-state index contributed by atoms with van der Waals surface area (Å²) >= 11 is 3.49. The van der Waals surface area contributed by atoms with E-state index in [9.17, 15) is 10.2 Å². The predicted octanol–water partition coefficient (Wildman–Crippen LogP) is 3.76. The molecule has 0 fully saturated rings. The lowest BCUT2D eigenvalue weighted by atomic mass is 9.76. The van der Waals surface area contributed by atoms with Crippen molar-refractivity contribution in [1.82, 2.24) is 35.6 Å². The highest BCUT2D eigenvalue weighted by Gasteiger charge is 2.47. The van der Waals surface area contributed by atoms with E-state index >= 15 is 0 Å². The van der Waals surface area contributed by atoms with Crippen LogP contribution in [0.1, 0.15) is 35.5 Å². The number of nitrogens with one attached hydrogen (secondary N) is 2. The van der Waals surface area contributed by atoms with Crippen LogP contribution in [-0.2, 0) is 5.54 Å². The minimum absolute atomic E-state index is 0.0624. The minimum atomic E-state index is -0.977. The number of aromatic hydroxyl groups is 1. The van der Waals surface area contributed by atoms with Crippen molar-refractivity contribution in [3.63, 3.8) is 0 Å². The molecule has 0 saturated heterocycles. The SMILES string of the molecule is Cc1nn(-c2ccccn2)c(O)c1C(C1=C(O)NNC1(C)c1ncccn1)c1ccc(Br)cc1. The number of aliphatic hydroxyl groups is 1. The fraction of sp³-hybridized carbons (Fsp3) is 0.167. The van der Waals surface area contributed by atoms with Crippen molar-refractivity contribution >= 4 is 15.9 Å². The van der Waals surface area contributed by atoms with Crippen molar-refractivity contribution < 1.29 is 10.2 Å². The van der Waals surface area contributed by atoms with Gasteiger partial charge in [-0.15, -0.1) is 0 Å². The van der Waals surface area contributed by atoms with Crippen LogP contribution in [0, 0.1) is 6.92 Å². The minimum Gasteiger partial charge on any atom is -0.494 e. The molecule has 0 spiro atoms. The number of pyridine rings is 1. The number of aryl methyl sites for hydroxylation is 1. The van der Waals surface area contributed by atoms with Gasteiger partial charge in [-0.05, 0) is 49.7 Å². The Bertz CT molecular complexity index is 1360. The molecule has 0 radical (unpaired) electrons. The first-order valence-corrected chi connectivity index (χ1v) is 11.4. The molecule has 4 heterocycles. The predicted molar refractivity (Wildman–Crippen MR) is 129 cm³/mol. The number of benzene rings is 1. The molecule has 0 amide bonds. The summed E-state index contributed by atoms with van der Waals surface area (Å²) in [5.74, 6) is 0.249. The third-order valence-corrected chi connectivity index (χ3v) is 6.49. The Kier molecular flexibility index (Phi) is 5.54. The number of hydrogen-bond donors (Lipinski definition) is 4. The molecule has 1 aromatic carbocycles. The van der Waals surface area contributed by atoms with Gasteiger partial charge in [-0.3, -0.25) is 5.43 Å². The van der Waals surface area contributed by atoms with Crippen LogP contribution in [0.3, 0.4) is 0 Å². The Morgan fingerprint density at radius 1 is 0.971 bits per heavy atom. The molecule has 2 unspecified atom stereocenters. The first-order chi connectivity index (χ1) is 16.4. The summed E-state index contributed by atoms with van der Waals surface area (Å²) in [5.41, 5.74) is 7.53. The Morgan fingerprint density at radius 2 is 1.68 bits per heavy atom. The van der Waals surface area contributed by atoms with Gasteiger partial charge in [-0.25, -0.2) is 20.4 Å². The zero-order valence-electron chi connectivity index (χ0n) is 18.4. The summed E-state index contributed by atoms with van der Waals surface area (Å²) < 4.78 is 2.32. The molecule has 10 heteroatoms. The molecule has 0 aliphatic carbocycles. The van der Waals surface area contributed by atoms with Crippen LogP contribution in [0.5, 0.6) is 5.88 Å². The Hall–Kier alpha value is -3.76. The number of hydrazine groups is 1. The van der Waals surface area contributed by atoms with Gasteiger partial charge in [-0.1, -0.05) is 34.1 Å². The van der Waals surface area contributed by atoms with Gasteiger partial charge in [0.1, 0.15) is 5.54 Å². The second-order valence-corrected chi connectivity index (χ2v) is 9.03. The van der Waals surface area contributed by atoms with Crippen molar-refractivity contribution in [2.24, 2.45) is 0 Å². The molecule has 9 nitrogen and oxygen atoms in total. The third kappa shape index (κ3) is 3.61. The zero-order chi connectivity index (χ0) is 23.9. The van der Waals surface area contributed by atoms with Gasteiger partial charge in [0.2, 0.25) is 11.8 Å². The normalized spacial score (nSPS) is 18.7. The largest absolute Gasteiger partial charge is 0.494 e. The summed E-state index contributed by atoms with van der Waals surface area (Å²) in [6.45, 7) is 3.71. The van der Waals surface area contributed by atoms with Gasteiger partial charge >= 0.3 is 0 Å². The van der Waals surface area contributed by atoms with Crippen LogP contribution in [0.2, 0.25) is 0 Å². The highest BCUT2D eigenvalue weighted by molar-refractivity contribution is 9.10. The fourth-order valence-corrected chi connectivity index (χ4v) is 4.62. The lowest BCUT2D eigenvalue weighted by Gasteiger charge is -2.30. The Balaban J connectivity index is 1.75. The number of nitrogens with zero attached hydrogens (tertiary/aromatic N) is 5. The van der Waals surface area contributed by atoms with Crippen LogP contribution >= 0.6 is 15.9 Å². The number of aliphatic hydroxyl groups excluding tert-OH is 1. The van der Waals surface area contributed by atoms with Crippen molar-refractivity contribution in [2.75, 3.05) is 0 Å². The van der Waals surface area contributed by atoms with Gasteiger partial charge in [0.25, 0.3) is 0 Å². The highest BCUT2D eigenvalue weighted by atomic mass is 79.9. The molecule has 4 N–H and O–H groups in total. The summed E-state index contributed by atoms with van der Waals surface area (Å²) in [5, 5.41) is 27.1. The standard InChI is InChI=1S/C24H22BrN7O2/c1-14-18(22(34)32(30-14)17-6-3-4-11-26-17)19(15-7-9-16(25)10-8-15)20-21(33)29-31-24(20,2)23-27-12-5-13-28-23/h3-13,19,29,31,33-34H,1-2H3. The zero-order valence-corrected chi connectivity index (χ0v) is 20.0. The quantitative estimate of drug-likeness (QED) is 0.314. The number of aromatic nitrogens is 5. The van der Waals surface area contributed by atoms with E-state index in [2.05, 4.69) is 46.8 Å². The van der Waals surface area contributed by atoms with Gasteiger partial charge < -0.3 is 10.2 Å². The van der Waals surface area contributed by atoms with E-state index in [0.717, 1.165) is 10.0 Å². The summed E-state index contributed by atoms with van der Waals surface area (Å²) in [6.07, 6.45) is 4.94. The molecule has 1 aliphatic rings. The van der Waals surface area contributed by atoms with Crippen molar-refractivity contribution in [1.29, 1.82) is 0 Å². The van der Waals surface area contributed by atoms with Crippen LogP contribution in [0.15, 0.2) is 83.1 Å². The van der Waals surface area contributed by atoms with Crippen LogP contribution in [0.4, 0.5) is 0 Å². The average Bonchev–Trinajstić information content (AvgIpc) is 3.33. The van der Waals surface area contributed by atoms with E-state index in [1.165, 1.54) is 4.68 Å². The topological polar surface area (TPSA) is 121 Å². The van der Waals surface area contributed by atoms with E-state index in [4.69, 9.17) is 0 Å². The Morgan fingerprint density at radius 3 is 2.35 bits per heavy atom. The molecule has 3 aromatic heterocycles. The van der Waals surface area contributed by atoms with Crippen molar-refractivity contribution in [2.45, 2.75) is 25.3 Å². The van der Waals surface area contributed by atoms with Crippen molar-refractivity contribution in [3.8, 4) is 11.7 Å².